The van der Waals surface area contributed by atoms with Crippen LogP contribution >= 0.6 is 27.5 Å². The number of nitriles is 1. The molecule has 0 bridgehead atoms. The minimum atomic E-state index is -0.399. The van der Waals surface area contributed by atoms with E-state index in [2.05, 4.69) is 21.2 Å². The van der Waals surface area contributed by atoms with Crippen LogP contribution in [0.15, 0.2) is 0 Å². The van der Waals surface area contributed by atoms with Crippen molar-refractivity contribution in [3.63, 3.8) is 0 Å². The van der Waals surface area contributed by atoms with Gasteiger partial charge in [-0.1, -0.05) is 15.9 Å². The normalized spacial score (nSPS) is 12.6. The molecule has 0 aliphatic carbocycles. The van der Waals surface area contributed by atoms with Crippen LogP contribution in [0.1, 0.15) is 0 Å². The zero-order valence-corrected chi connectivity index (χ0v) is 7.24. The SMILES string of the molecule is N#CC(Cl)CNCCBr. The lowest BCUT2D eigenvalue weighted by atomic mass is 10.4. The van der Waals surface area contributed by atoms with E-state index in [1.807, 2.05) is 6.07 Å². The van der Waals surface area contributed by atoms with E-state index in [0.717, 1.165) is 11.9 Å². The van der Waals surface area contributed by atoms with E-state index in [0.29, 0.717) is 6.54 Å². The highest BCUT2D eigenvalue weighted by Crippen LogP contribution is 1.89. The van der Waals surface area contributed by atoms with Gasteiger partial charge in [-0.15, -0.1) is 11.6 Å². The predicted molar refractivity (Wildman–Crippen MR) is 41.9 cm³/mol. The van der Waals surface area contributed by atoms with Crippen molar-refractivity contribution in [1.82, 2.24) is 5.32 Å². The zero-order valence-electron chi connectivity index (χ0n) is 4.90. The van der Waals surface area contributed by atoms with Gasteiger partial charge in [0.05, 0.1) is 6.07 Å². The smallest absolute Gasteiger partial charge is 0.132 e. The van der Waals surface area contributed by atoms with E-state index < -0.39 is 5.38 Å². The highest BCUT2D eigenvalue weighted by Gasteiger charge is 1.97. The lowest BCUT2D eigenvalue weighted by molar-refractivity contribution is 0.741. The lowest BCUT2D eigenvalue weighted by Gasteiger charge is -1.99. The second-order valence-corrected chi connectivity index (χ2v) is 2.81. The Morgan fingerprint density at radius 1 is 1.78 bits per heavy atom. The number of halogens is 2. The molecule has 0 saturated heterocycles. The highest BCUT2D eigenvalue weighted by molar-refractivity contribution is 9.09. The van der Waals surface area contributed by atoms with Crippen molar-refractivity contribution < 1.29 is 0 Å². The summed E-state index contributed by atoms with van der Waals surface area (Å²) in [6.07, 6.45) is 0. The van der Waals surface area contributed by atoms with E-state index in [-0.39, 0.29) is 0 Å². The number of hydrogen-bond acceptors (Lipinski definition) is 2. The summed E-state index contributed by atoms with van der Waals surface area (Å²) in [7, 11) is 0. The Kier molecular flexibility index (Phi) is 6.50. The van der Waals surface area contributed by atoms with Gasteiger partial charge in [0, 0.05) is 18.4 Å². The summed E-state index contributed by atoms with van der Waals surface area (Å²) < 4.78 is 0. The van der Waals surface area contributed by atoms with Gasteiger partial charge in [0.1, 0.15) is 5.38 Å². The summed E-state index contributed by atoms with van der Waals surface area (Å²) in [6, 6.07) is 1.91. The third-order valence-corrected chi connectivity index (χ3v) is 1.38. The Bertz CT molecular complexity index is 102. The average Bonchev–Trinajstić information content (AvgIpc) is 1.89. The van der Waals surface area contributed by atoms with Crippen LogP contribution < -0.4 is 5.32 Å². The van der Waals surface area contributed by atoms with Crippen molar-refractivity contribution in [2.45, 2.75) is 5.38 Å². The molecule has 0 rings (SSSR count). The Hall–Kier alpha value is 0.220. The predicted octanol–water partition coefficient (Wildman–Crippen LogP) is 1.10. The van der Waals surface area contributed by atoms with Crippen LogP contribution in [-0.2, 0) is 0 Å². The molecule has 1 atom stereocenters. The molecule has 0 fully saturated rings. The molecule has 2 nitrogen and oxygen atoms in total. The monoisotopic (exact) mass is 210 g/mol. The van der Waals surface area contributed by atoms with Gasteiger partial charge in [0.2, 0.25) is 0 Å². The first kappa shape index (κ1) is 9.22. The maximum Gasteiger partial charge on any atom is 0.132 e. The van der Waals surface area contributed by atoms with Crippen LogP contribution in [0.3, 0.4) is 0 Å². The fourth-order valence-electron chi connectivity index (χ4n) is 0.341. The molecular weight excluding hydrogens is 203 g/mol. The zero-order chi connectivity index (χ0) is 7.11. The number of nitrogens with one attached hydrogen (secondary N) is 1. The van der Waals surface area contributed by atoms with Crippen LogP contribution in [0, 0.1) is 11.3 Å². The first-order valence-corrected chi connectivity index (χ1v) is 4.17. The number of hydrogen-bond donors (Lipinski definition) is 1. The van der Waals surface area contributed by atoms with Crippen molar-refractivity contribution in [1.29, 1.82) is 5.26 Å². The van der Waals surface area contributed by atoms with Crippen LogP contribution in [0.4, 0.5) is 0 Å². The van der Waals surface area contributed by atoms with Gasteiger partial charge >= 0.3 is 0 Å². The molecule has 4 heteroatoms. The average molecular weight is 211 g/mol. The maximum absolute atomic E-state index is 8.20. The van der Waals surface area contributed by atoms with Crippen LogP contribution in [-0.4, -0.2) is 23.8 Å². The van der Waals surface area contributed by atoms with E-state index in [9.17, 15) is 0 Å². The molecule has 52 valence electrons. The summed E-state index contributed by atoms with van der Waals surface area (Å²) >= 11 is 8.69. The fourth-order valence-corrected chi connectivity index (χ4v) is 0.731. The first-order valence-electron chi connectivity index (χ1n) is 2.61. The molecule has 0 amide bonds. The Morgan fingerprint density at radius 3 is 2.89 bits per heavy atom. The third kappa shape index (κ3) is 6.10. The number of rotatable bonds is 4. The molecule has 1 unspecified atom stereocenters. The van der Waals surface area contributed by atoms with Crippen molar-refractivity contribution in [3.8, 4) is 6.07 Å². The van der Waals surface area contributed by atoms with Gasteiger partial charge in [-0.05, 0) is 0 Å². The largest absolute Gasteiger partial charge is 0.313 e. The molecule has 0 aromatic heterocycles. The quantitative estimate of drug-likeness (QED) is 0.558. The fraction of sp³-hybridized carbons (Fsp3) is 0.800. The van der Waals surface area contributed by atoms with Crippen molar-refractivity contribution in [2.75, 3.05) is 18.4 Å². The molecular formula is C5H8BrClN2. The molecule has 0 aromatic rings. The number of nitrogens with zero attached hydrogens (tertiary/aromatic N) is 1. The third-order valence-electron chi connectivity index (χ3n) is 0.735. The Labute approximate surface area is 68.3 Å². The van der Waals surface area contributed by atoms with Crippen LogP contribution in [0.25, 0.3) is 0 Å². The van der Waals surface area contributed by atoms with Crippen molar-refractivity contribution >= 4 is 27.5 Å². The highest BCUT2D eigenvalue weighted by atomic mass is 79.9. The van der Waals surface area contributed by atoms with Gasteiger partial charge in [0.25, 0.3) is 0 Å². The molecule has 0 aliphatic heterocycles. The topological polar surface area (TPSA) is 35.8 Å². The minimum Gasteiger partial charge on any atom is -0.313 e. The maximum atomic E-state index is 8.20. The summed E-state index contributed by atoms with van der Waals surface area (Å²) in [5.74, 6) is 0. The van der Waals surface area contributed by atoms with Crippen LogP contribution in [0.2, 0.25) is 0 Å². The van der Waals surface area contributed by atoms with Gasteiger partial charge in [-0.3, -0.25) is 0 Å². The summed E-state index contributed by atoms with van der Waals surface area (Å²) in [4.78, 5) is 0. The van der Waals surface area contributed by atoms with Gasteiger partial charge in [0.15, 0.2) is 0 Å². The second kappa shape index (κ2) is 6.34. The molecule has 0 radical (unpaired) electrons. The Balaban J connectivity index is 2.99. The van der Waals surface area contributed by atoms with Crippen molar-refractivity contribution in [3.05, 3.63) is 0 Å². The molecule has 1 N–H and O–H groups in total. The van der Waals surface area contributed by atoms with E-state index in [1.165, 1.54) is 0 Å². The molecule has 0 aliphatic rings. The standard InChI is InChI=1S/C5H8BrClN2/c6-1-2-9-4-5(7)3-8/h5,9H,1-2,4H2. The van der Waals surface area contributed by atoms with Gasteiger partial charge in [-0.25, -0.2) is 0 Å². The van der Waals surface area contributed by atoms with E-state index >= 15 is 0 Å². The molecule has 9 heavy (non-hydrogen) atoms. The molecule has 0 spiro atoms. The van der Waals surface area contributed by atoms with Crippen LogP contribution in [0.5, 0.6) is 0 Å². The first-order chi connectivity index (χ1) is 4.31. The van der Waals surface area contributed by atoms with E-state index in [1.54, 1.807) is 0 Å². The summed E-state index contributed by atoms with van der Waals surface area (Å²) in [5.41, 5.74) is 0. The second-order valence-electron chi connectivity index (χ2n) is 1.49. The molecule has 0 heterocycles. The number of alkyl halides is 2. The van der Waals surface area contributed by atoms with E-state index in [4.69, 9.17) is 16.9 Å². The summed E-state index contributed by atoms with van der Waals surface area (Å²) in [6.45, 7) is 1.41. The van der Waals surface area contributed by atoms with Gasteiger partial charge < -0.3 is 5.32 Å². The van der Waals surface area contributed by atoms with Gasteiger partial charge in [-0.2, -0.15) is 5.26 Å². The van der Waals surface area contributed by atoms with Crippen molar-refractivity contribution in [2.24, 2.45) is 0 Å². The minimum absolute atomic E-state index is 0.399. The Morgan fingerprint density at radius 2 is 2.44 bits per heavy atom. The molecule has 0 aromatic carbocycles. The molecule has 0 saturated carbocycles. The summed E-state index contributed by atoms with van der Waals surface area (Å²) in [5, 5.41) is 11.7. The lowest BCUT2D eigenvalue weighted by Crippen LogP contribution is -2.23.